The normalized spacial score (nSPS) is 18.6. The predicted molar refractivity (Wildman–Crippen MR) is 72.6 cm³/mol. The zero-order chi connectivity index (χ0) is 15.4. The van der Waals surface area contributed by atoms with E-state index >= 15 is 0 Å². The molecule has 1 fully saturated rings. The summed E-state index contributed by atoms with van der Waals surface area (Å²) in [7, 11) is 1.78. The van der Waals surface area contributed by atoms with E-state index < -0.39 is 16.6 Å². The molecule has 1 saturated heterocycles. The fourth-order valence-corrected chi connectivity index (χ4v) is 2.22. The van der Waals surface area contributed by atoms with Crippen LogP contribution in [-0.4, -0.2) is 55.1 Å². The molecule has 0 saturated carbocycles. The summed E-state index contributed by atoms with van der Waals surface area (Å²) < 4.78 is 19.3. The maximum Gasteiger partial charge on any atom is 0.272 e. The number of likely N-dealkylation sites (N-methyl/N-ethyl adjacent to an activating group) is 1. The van der Waals surface area contributed by atoms with Crippen LogP contribution in [0.1, 0.15) is 10.4 Å². The first kappa shape index (κ1) is 15.3. The maximum absolute atomic E-state index is 13.9. The summed E-state index contributed by atoms with van der Waals surface area (Å²) in [4.78, 5) is 23.7. The van der Waals surface area contributed by atoms with Crippen molar-refractivity contribution in [3.8, 4) is 0 Å². The van der Waals surface area contributed by atoms with Crippen LogP contribution in [-0.2, 0) is 4.74 Å². The summed E-state index contributed by atoms with van der Waals surface area (Å²) in [5.74, 6) is -1.36. The third-order valence-electron chi connectivity index (χ3n) is 3.25. The molecule has 21 heavy (non-hydrogen) atoms. The third-order valence-corrected chi connectivity index (χ3v) is 3.25. The van der Waals surface area contributed by atoms with E-state index in [1.54, 1.807) is 7.05 Å². The SMILES string of the molecule is CNCC1CN(C(=O)c2ccc([N+](=O)[O-])cc2F)CCO1. The van der Waals surface area contributed by atoms with Gasteiger partial charge in [-0.25, -0.2) is 4.39 Å². The molecule has 1 amide bonds. The average molecular weight is 297 g/mol. The number of nitrogens with zero attached hydrogens (tertiary/aromatic N) is 2. The number of nitro benzene ring substituents is 1. The van der Waals surface area contributed by atoms with Gasteiger partial charge in [0.05, 0.1) is 29.3 Å². The topological polar surface area (TPSA) is 84.7 Å². The van der Waals surface area contributed by atoms with Gasteiger partial charge in [0.25, 0.3) is 11.6 Å². The summed E-state index contributed by atoms with van der Waals surface area (Å²) in [5, 5.41) is 13.5. The second-order valence-corrected chi connectivity index (χ2v) is 4.72. The Morgan fingerprint density at radius 3 is 3.00 bits per heavy atom. The third kappa shape index (κ3) is 3.53. The van der Waals surface area contributed by atoms with Crippen LogP contribution in [0.15, 0.2) is 18.2 Å². The van der Waals surface area contributed by atoms with Crippen LogP contribution in [0.5, 0.6) is 0 Å². The number of rotatable bonds is 4. The van der Waals surface area contributed by atoms with E-state index in [-0.39, 0.29) is 17.4 Å². The van der Waals surface area contributed by atoms with Crippen molar-refractivity contribution in [1.29, 1.82) is 0 Å². The quantitative estimate of drug-likeness (QED) is 0.656. The first-order valence-electron chi connectivity index (χ1n) is 6.52. The van der Waals surface area contributed by atoms with Crippen molar-refractivity contribution in [2.45, 2.75) is 6.10 Å². The Morgan fingerprint density at radius 2 is 2.38 bits per heavy atom. The molecule has 0 aromatic heterocycles. The van der Waals surface area contributed by atoms with Gasteiger partial charge < -0.3 is 15.0 Å². The highest BCUT2D eigenvalue weighted by atomic mass is 19.1. The van der Waals surface area contributed by atoms with Gasteiger partial charge in [0, 0.05) is 25.7 Å². The minimum Gasteiger partial charge on any atom is -0.373 e. The molecule has 2 rings (SSSR count). The molecule has 1 aromatic rings. The predicted octanol–water partition coefficient (Wildman–Crippen LogP) is 0.794. The van der Waals surface area contributed by atoms with E-state index in [2.05, 4.69) is 5.32 Å². The number of amides is 1. The van der Waals surface area contributed by atoms with Crippen LogP contribution in [0.2, 0.25) is 0 Å². The van der Waals surface area contributed by atoms with Crippen LogP contribution >= 0.6 is 0 Å². The highest BCUT2D eigenvalue weighted by molar-refractivity contribution is 5.94. The number of ether oxygens (including phenoxy) is 1. The minimum absolute atomic E-state index is 0.145. The Balaban J connectivity index is 2.14. The van der Waals surface area contributed by atoms with E-state index in [1.807, 2.05) is 0 Å². The summed E-state index contributed by atoms with van der Waals surface area (Å²) in [5.41, 5.74) is -0.537. The lowest BCUT2D eigenvalue weighted by Gasteiger charge is -2.33. The summed E-state index contributed by atoms with van der Waals surface area (Å²) in [6.45, 7) is 1.70. The van der Waals surface area contributed by atoms with Crippen molar-refractivity contribution in [1.82, 2.24) is 10.2 Å². The molecule has 7 nitrogen and oxygen atoms in total. The van der Waals surface area contributed by atoms with Crippen molar-refractivity contribution in [3.05, 3.63) is 39.7 Å². The molecule has 1 N–H and O–H groups in total. The molecule has 1 unspecified atom stereocenters. The first-order valence-corrected chi connectivity index (χ1v) is 6.52. The number of carbonyl (C=O) groups is 1. The average Bonchev–Trinajstić information content (AvgIpc) is 2.47. The van der Waals surface area contributed by atoms with E-state index in [4.69, 9.17) is 4.74 Å². The van der Waals surface area contributed by atoms with Gasteiger partial charge in [-0.15, -0.1) is 0 Å². The Morgan fingerprint density at radius 1 is 1.62 bits per heavy atom. The fourth-order valence-electron chi connectivity index (χ4n) is 2.22. The smallest absolute Gasteiger partial charge is 0.272 e. The zero-order valence-corrected chi connectivity index (χ0v) is 11.5. The van der Waals surface area contributed by atoms with Gasteiger partial charge >= 0.3 is 0 Å². The Hall–Kier alpha value is -2.06. The lowest BCUT2D eigenvalue weighted by molar-refractivity contribution is -0.385. The van der Waals surface area contributed by atoms with Crippen LogP contribution in [0, 0.1) is 15.9 Å². The molecule has 8 heteroatoms. The summed E-state index contributed by atoms with van der Waals surface area (Å²) >= 11 is 0. The molecule has 1 aliphatic heterocycles. The molecule has 0 spiro atoms. The van der Waals surface area contributed by atoms with Crippen molar-refractivity contribution in [3.63, 3.8) is 0 Å². The molecule has 1 atom stereocenters. The van der Waals surface area contributed by atoms with E-state index in [9.17, 15) is 19.3 Å². The van der Waals surface area contributed by atoms with Gasteiger partial charge in [-0.2, -0.15) is 0 Å². The Labute approximate surface area is 120 Å². The van der Waals surface area contributed by atoms with Crippen LogP contribution < -0.4 is 5.32 Å². The van der Waals surface area contributed by atoms with E-state index in [0.717, 1.165) is 18.2 Å². The summed E-state index contributed by atoms with van der Waals surface area (Å²) in [6.07, 6.45) is -0.145. The van der Waals surface area contributed by atoms with Crippen molar-refractivity contribution < 1.29 is 18.8 Å². The van der Waals surface area contributed by atoms with E-state index in [1.165, 1.54) is 4.90 Å². The lowest BCUT2D eigenvalue weighted by atomic mass is 10.1. The second-order valence-electron chi connectivity index (χ2n) is 4.72. The molecule has 1 aliphatic rings. The van der Waals surface area contributed by atoms with Crippen molar-refractivity contribution >= 4 is 11.6 Å². The van der Waals surface area contributed by atoms with Crippen LogP contribution in [0.25, 0.3) is 0 Å². The van der Waals surface area contributed by atoms with Crippen molar-refractivity contribution in [2.24, 2.45) is 0 Å². The molecule has 1 heterocycles. The number of morpholine rings is 1. The molecule has 0 bridgehead atoms. The molecule has 0 radical (unpaired) electrons. The molecular formula is C13H16FN3O4. The largest absolute Gasteiger partial charge is 0.373 e. The van der Waals surface area contributed by atoms with Crippen molar-refractivity contribution in [2.75, 3.05) is 33.3 Å². The van der Waals surface area contributed by atoms with Crippen LogP contribution in [0.4, 0.5) is 10.1 Å². The number of halogens is 1. The van der Waals surface area contributed by atoms with Crippen LogP contribution in [0.3, 0.4) is 0 Å². The minimum atomic E-state index is -0.883. The number of nitrogens with one attached hydrogen (secondary N) is 1. The monoisotopic (exact) mass is 297 g/mol. The van der Waals surface area contributed by atoms with Gasteiger partial charge in [-0.1, -0.05) is 0 Å². The van der Waals surface area contributed by atoms with Gasteiger partial charge in [-0.3, -0.25) is 14.9 Å². The number of non-ortho nitro benzene ring substituents is 1. The second kappa shape index (κ2) is 6.59. The molecule has 114 valence electrons. The maximum atomic E-state index is 13.9. The zero-order valence-electron chi connectivity index (χ0n) is 11.5. The standard InChI is InChI=1S/C13H16FN3O4/c1-15-7-10-8-16(4-5-21-10)13(18)11-3-2-9(17(19)20)6-12(11)14/h2-3,6,10,15H,4-5,7-8H2,1H3. The number of carbonyl (C=O) groups excluding carboxylic acids is 1. The highest BCUT2D eigenvalue weighted by Gasteiger charge is 2.27. The number of benzene rings is 1. The number of hydrogen-bond donors (Lipinski definition) is 1. The Kier molecular flexibility index (Phi) is 4.81. The van der Waals surface area contributed by atoms with Gasteiger partial charge in [0.1, 0.15) is 5.82 Å². The molecule has 1 aromatic carbocycles. The number of nitro groups is 1. The molecular weight excluding hydrogens is 281 g/mol. The van der Waals surface area contributed by atoms with Gasteiger partial charge in [0.2, 0.25) is 0 Å². The molecule has 0 aliphatic carbocycles. The van der Waals surface area contributed by atoms with Gasteiger partial charge in [0.15, 0.2) is 0 Å². The Bertz CT molecular complexity index is 550. The highest BCUT2D eigenvalue weighted by Crippen LogP contribution is 2.19. The lowest BCUT2D eigenvalue weighted by Crippen LogP contribution is -2.48. The van der Waals surface area contributed by atoms with Gasteiger partial charge in [-0.05, 0) is 13.1 Å². The number of hydrogen-bond acceptors (Lipinski definition) is 5. The van der Waals surface area contributed by atoms with E-state index in [0.29, 0.717) is 26.2 Å². The fraction of sp³-hybridized carbons (Fsp3) is 0.462. The summed E-state index contributed by atoms with van der Waals surface area (Å²) in [6, 6.07) is 3.04. The first-order chi connectivity index (χ1) is 10.0.